The van der Waals surface area contributed by atoms with Gasteiger partial charge in [0.25, 0.3) is 5.56 Å². The van der Waals surface area contributed by atoms with E-state index in [0.717, 1.165) is 4.57 Å². The standard InChI is InChI=1S/C15H23N3O6/c1-7-6-18(13(22)17-12(7)21)10-8(5-9(19)11(10)20)16-14(23)24-15(2,3)4/h6,8-11,19-20H,5H2,1-4H3,(H,16,23)(H,17,21,22)/t8-,9-,10-,11-/m1/s1. The maximum Gasteiger partial charge on any atom is 0.407 e. The zero-order valence-electron chi connectivity index (χ0n) is 14.1. The lowest BCUT2D eigenvalue weighted by Crippen LogP contribution is -2.46. The summed E-state index contributed by atoms with van der Waals surface area (Å²) in [6.45, 7) is 6.64. The van der Waals surface area contributed by atoms with Crippen LogP contribution >= 0.6 is 0 Å². The van der Waals surface area contributed by atoms with Gasteiger partial charge in [-0.05, 0) is 34.1 Å². The summed E-state index contributed by atoms with van der Waals surface area (Å²) in [6.07, 6.45) is -1.75. The van der Waals surface area contributed by atoms with Crippen LogP contribution < -0.4 is 16.6 Å². The molecule has 134 valence electrons. The second kappa shape index (κ2) is 6.40. The van der Waals surface area contributed by atoms with Crippen LogP contribution in [0.15, 0.2) is 15.8 Å². The molecule has 0 aromatic carbocycles. The summed E-state index contributed by atoms with van der Waals surface area (Å²) in [5, 5.41) is 22.7. The minimum absolute atomic E-state index is 0.0513. The van der Waals surface area contributed by atoms with Crippen LogP contribution in [-0.2, 0) is 4.74 Å². The molecule has 2 rings (SSSR count). The van der Waals surface area contributed by atoms with Crippen molar-refractivity contribution in [1.29, 1.82) is 0 Å². The van der Waals surface area contributed by atoms with Gasteiger partial charge in [-0.1, -0.05) is 0 Å². The van der Waals surface area contributed by atoms with Crippen LogP contribution in [0, 0.1) is 6.92 Å². The van der Waals surface area contributed by atoms with Crippen LogP contribution in [0.1, 0.15) is 38.8 Å². The number of H-pyrrole nitrogens is 1. The number of aromatic amines is 1. The fourth-order valence-electron chi connectivity index (χ4n) is 2.77. The number of alkyl carbamates (subject to hydrolysis) is 1. The first kappa shape index (κ1) is 18.2. The number of aliphatic hydroxyl groups is 2. The van der Waals surface area contributed by atoms with Gasteiger partial charge in [-0.2, -0.15) is 0 Å². The normalized spacial score (nSPS) is 27.1. The predicted molar refractivity (Wildman–Crippen MR) is 84.9 cm³/mol. The van der Waals surface area contributed by atoms with Crippen molar-refractivity contribution in [1.82, 2.24) is 14.9 Å². The monoisotopic (exact) mass is 341 g/mol. The molecule has 9 nitrogen and oxygen atoms in total. The number of aromatic nitrogens is 2. The minimum Gasteiger partial charge on any atom is -0.444 e. The Kier molecular flexibility index (Phi) is 4.86. The topological polar surface area (TPSA) is 134 Å². The smallest absolute Gasteiger partial charge is 0.407 e. The number of amides is 1. The Morgan fingerprint density at radius 1 is 1.38 bits per heavy atom. The van der Waals surface area contributed by atoms with Crippen LogP contribution in [0.4, 0.5) is 4.79 Å². The maximum atomic E-state index is 12.1. The van der Waals surface area contributed by atoms with Gasteiger partial charge in [-0.15, -0.1) is 0 Å². The molecule has 24 heavy (non-hydrogen) atoms. The molecule has 0 unspecified atom stereocenters. The molecule has 1 fully saturated rings. The Balaban J connectivity index is 2.32. The molecule has 1 saturated carbocycles. The molecule has 1 aliphatic carbocycles. The number of hydrogen-bond acceptors (Lipinski definition) is 6. The quantitative estimate of drug-likeness (QED) is 0.568. The van der Waals surface area contributed by atoms with Crippen LogP contribution in [-0.4, -0.2) is 49.7 Å². The van der Waals surface area contributed by atoms with E-state index in [1.807, 2.05) is 0 Å². The number of aliphatic hydroxyl groups excluding tert-OH is 2. The lowest BCUT2D eigenvalue weighted by Gasteiger charge is -2.26. The van der Waals surface area contributed by atoms with Gasteiger partial charge in [0.1, 0.15) is 11.7 Å². The number of aryl methyl sites for hydroxylation is 1. The van der Waals surface area contributed by atoms with E-state index in [2.05, 4.69) is 10.3 Å². The van der Waals surface area contributed by atoms with Crippen molar-refractivity contribution >= 4 is 6.09 Å². The highest BCUT2D eigenvalue weighted by atomic mass is 16.6. The van der Waals surface area contributed by atoms with Crippen molar-refractivity contribution in [3.05, 3.63) is 32.6 Å². The van der Waals surface area contributed by atoms with Gasteiger partial charge in [-0.25, -0.2) is 9.59 Å². The second-order valence-electron chi connectivity index (χ2n) is 7.02. The van der Waals surface area contributed by atoms with Crippen molar-refractivity contribution < 1.29 is 19.7 Å². The predicted octanol–water partition coefficient (Wildman–Crippen LogP) is -0.595. The molecule has 4 N–H and O–H groups in total. The van der Waals surface area contributed by atoms with E-state index in [1.165, 1.54) is 13.1 Å². The SMILES string of the molecule is Cc1cn([C@H]2[C@H](O)[C@H](O)C[C@H]2NC(=O)OC(C)(C)C)c(=O)[nH]c1=O. The highest BCUT2D eigenvalue weighted by molar-refractivity contribution is 5.68. The summed E-state index contributed by atoms with van der Waals surface area (Å²) in [7, 11) is 0. The Morgan fingerprint density at radius 2 is 2.00 bits per heavy atom. The lowest BCUT2D eigenvalue weighted by atomic mass is 10.1. The average Bonchev–Trinajstić information content (AvgIpc) is 2.67. The molecule has 4 atom stereocenters. The van der Waals surface area contributed by atoms with Crippen molar-refractivity contribution in [3.63, 3.8) is 0 Å². The van der Waals surface area contributed by atoms with Gasteiger partial charge in [0.2, 0.25) is 0 Å². The van der Waals surface area contributed by atoms with Crippen LogP contribution in [0.5, 0.6) is 0 Å². The van der Waals surface area contributed by atoms with Gasteiger partial charge in [0.15, 0.2) is 0 Å². The van der Waals surface area contributed by atoms with Crippen molar-refractivity contribution in [2.24, 2.45) is 0 Å². The summed E-state index contributed by atoms with van der Waals surface area (Å²) in [5.74, 6) is 0. The van der Waals surface area contributed by atoms with Crippen LogP contribution in [0.2, 0.25) is 0 Å². The van der Waals surface area contributed by atoms with E-state index in [1.54, 1.807) is 20.8 Å². The van der Waals surface area contributed by atoms with Gasteiger partial charge in [0, 0.05) is 11.8 Å². The molecule has 1 aromatic rings. The van der Waals surface area contributed by atoms with E-state index in [-0.39, 0.29) is 12.0 Å². The van der Waals surface area contributed by atoms with Crippen molar-refractivity contribution in [2.45, 2.75) is 64.0 Å². The Morgan fingerprint density at radius 3 is 2.58 bits per heavy atom. The first-order valence-corrected chi connectivity index (χ1v) is 7.67. The summed E-state index contributed by atoms with van der Waals surface area (Å²) < 4.78 is 6.29. The Hall–Kier alpha value is -2.13. The highest BCUT2D eigenvalue weighted by Crippen LogP contribution is 2.30. The number of nitrogens with zero attached hydrogens (tertiary/aromatic N) is 1. The molecular formula is C15H23N3O6. The summed E-state index contributed by atoms with van der Waals surface area (Å²) in [4.78, 5) is 37.7. The molecular weight excluding hydrogens is 318 g/mol. The van der Waals surface area contributed by atoms with E-state index >= 15 is 0 Å². The van der Waals surface area contributed by atoms with Gasteiger partial charge in [0.05, 0.1) is 18.2 Å². The summed E-state index contributed by atoms with van der Waals surface area (Å²) >= 11 is 0. The molecule has 1 aliphatic rings. The number of carbonyl (C=O) groups is 1. The fraction of sp³-hybridized carbons (Fsp3) is 0.667. The van der Waals surface area contributed by atoms with Crippen molar-refractivity contribution in [3.8, 4) is 0 Å². The van der Waals surface area contributed by atoms with Gasteiger partial charge in [-0.3, -0.25) is 14.3 Å². The van der Waals surface area contributed by atoms with Crippen LogP contribution in [0.25, 0.3) is 0 Å². The van der Waals surface area contributed by atoms with Gasteiger partial charge < -0.3 is 20.3 Å². The number of rotatable bonds is 2. The first-order valence-electron chi connectivity index (χ1n) is 7.67. The van der Waals surface area contributed by atoms with Crippen molar-refractivity contribution in [2.75, 3.05) is 0 Å². The number of ether oxygens (including phenoxy) is 1. The molecule has 0 saturated heterocycles. The third kappa shape index (κ3) is 3.85. The third-order valence-electron chi connectivity index (χ3n) is 3.82. The summed E-state index contributed by atoms with van der Waals surface area (Å²) in [6, 6.07) is -1.65. The zero-order valence-corrected chi connectivity index (χ0v) is 14.1. The molecule has 0 bridgehead atoms. The third-order valence-corrected chi connectivity index (χ3v) is 3.82. The van der Waals surface area contributed by atoms with Crippen LogP contribution in [0.3, 0.4) is 0 Å². The summed E-state index contributed by atoms with van der Waals surface area (Å²) in [5.41, 5.74) is -1.68. The number of carbonyl (C=O) groups excluding carboxylic acids is 1. The second-order valence-corrected chi connectivity index (χ2v) is 7.02. The fourth-order valence-corrected chi connectivity index (χ4v) is 2.77. The van der Waals surface area contributed by atoms with E-state index in [0.29, 0.717) is 0 Å². The molecule has 1 aromatic heterocycles. The Labute approximate surface area is 138 Å². The highest BCUT2D eigenvalue weighted by Gasteiger charge is 2.44. The van der Waals surface area contributed by atoms with E-state index < -0.39 is 47.2 Å². The lowest BCUT2D eigenvalue weighted by molar-refractivity contribution is 0.0211. The number of nitrogens with one attached hydrogen (secondary N) is 2. The van der Waals surface area contributed by atoms with E-state index in [9.17, 15) is 24.6 Å². The molecule has 0 radical (unpaired) electrons. The number of hydrogen-bond donors (Lipinski definition) is 4. The molecule has 1 amide bonds. The average molecular weight is 341 g/mol. The molecule has 1 heterocycles. The maximum absolute atomic E-state index is 12.1. The van der Waals surface area contributed by atoms with Gasteiger partial charge >= 0.3 is 11.8 Å². The molecule has 0 aliphatic heterocycles. The van der Waals surface area contributed by atoms with E-state index in [4.69, 9.17) is 4.74 Å². The largest absolute Gasteiger partial charge is 0.444 e. The minimum atomic E-state index is -1.27. The molecule has 9 heteroatoms. The Bertz CT molecular complexity index is 732. The first-order chi connectivity index (χ1) is 11.0. The zero-order chi connectivity index (χ0) is 18.2. The molecule has 0 spiro atoms.